The summed E-state index contributed by atoms with van der Waals surface area (Å²) in [6.07, 6.45) is 1.73. The van der Waals surface area contributed by atoms with E-state index >= 15 is 0 Å². The van der Waals surface area contributed by atoms with Crippen LogP contribution in [0, 0.1) is 0 Å². The maximum Gasteiger partial charge on any atom is 0.325 e. The van der Waals surface area contributed by atoms with Gasteiger partial charge in [0.25, 0.3) is 5.91 Å². The van der Waals surface area contributed by atoms with Crippen LogP contribution in [0.5, 0.6) is 0 Å². The molecular weight excluding hydrogens is 340 g/mol. The van der Waals surface area contributed by atoms with Gasteiger partial charge in [-0.25, -0.2) is 4.98 Å². The molecule has 1 N–H and O–H groups in total. The molecule has 3 rings (SSSR count). The van der Waals surface area contributed by atoms with Gasteiger partial charge in [-0.15, -0.1) is 0 Å². The Kier molecular flexibility index (Phi) is 4.95. The Balaban J connectivity index is 1.80. The van der Waals surface area contributed by atoms with E-state index in [0.29, 0.717) is 10.7 Å². The van der Waals surface area contributed by atoms with Crippen LogP contribution in [0.3, 0.4) is 0 Å². The zero-order chi connectivity index (χ0) is 17.8. The minimum Gasteiger partial charge on any atom is -0.468 e. The van der Waals surface area contributed by atoms with Gasteiger partial charge in [-0.3, -0.25) is 9.59 Å². The van der Waals surface area contributed by atoms with Crippen LogP contribution in [-0.4, -0.2) is 30.5 Å². The molecule has 0 saturated carbocycles. The normalized spacial score (nSPS) is 10.5. The molecule has 1 aromatic heterocycles. The summed E-state index contributed by atoms with van der Waals surface area (Å²) in [4.78, 5) is 27.1. The summed E-state index contributed by atoms with van der Waals surface area (Å²) in [5.74, 6) is -0.817. The van der Waals surface area contributed by atoms with Crippen LogP contribution >= 0.6 is 11.6 Å². The van der Waals surface area contributed by atoms with Crippen molar-refractivity contribution in [1.82, 2.24) is 10.3 Å². The van der Waals surface area contributed by atoms with Gasteiger partial charge in [0, 0.05) is 17.1 Å². The maximum absolute atomic E-state index is 12.0. The molecule has 0 aliphatic carbocycles. The van der Waals surface area contributed by atoms with Crippen LogP contribution in [0.1, 0.15) is 10.4 Å². The predicted molar refractivity (Wildman–Crippen MR) is 96.5 cm³/mol. The van der Waals surface area contributed by atoms with E-state index in [1.807, 2.05) is 36.4 Å². The summed E-state index contributed by atoms with van der Waals surface area (Å²) < 4.78 is 4.49. The van der Waals surface area contributed by atoms with Crippen molar-refractivity contribution in [2.24, 2.45) is 0 Å². The van der Waals surface area contributed by atoms with Gasteiger partial charge in [0.2, 0.25) is 0 Å². The lowest BCUT2D eigenvalue weighted by molar-refractivity contribution is -0.139. The zero-order valence-electron chi connectivity index (χ0n) is 13.5. The van der Waals surface area contributed by atoms with E-state index < -0.39 is 5.97 Å². The Morgan fingerprint density at radius 3 is 2.48 bits per heavy atom. The molecule has 126 valence electrons. The Morgan fingerprint density at radius 2 is 1.76 bits per heavy atom. The number of hydrogen-bond donors (Lipinski definition) is 1. The maximum atomic E-state index is 12.0. The van der Waals surface area contributed by atoms with Crippen molar-refractivity contribution in [3.63, 3.8) is 0 Å². The molecule has 25 heavy (non-hydrogen) atoms. The van der Waals surface area contributed by atoms with Crippen molar-refractivity contribution < 1.29 is 14.3 Å². The van der Waals surface area contributed by atoms with Crippen LogP contribution < -0.4 is 5.32 Å². The number of halogens is 1. The molecule has 0 radical (unpaired) electrons. The van der Waals surface area contributed by atoms with E-state index in [9.17, 15) is 9.59 Å². The van der Waals surface area contributed by atoms with E-state index in [4.69, 9.17) is 11.6 Å². The van der Waals surface area contributed by atoms with E-state index in [2.05, 4.69) is 15.0 Å². The number of carbonyl (C=O) groups excluding carboxylic acids is 2. The van der Waals surface area contributed by atoms with Gasteiger partial charge in [-0.2, -0.15) is 0 Å². The number of rotatable bonds is 4. The van der Waals surface area contributed by atoms with E-state index in [1.165, 1.54) is 7.11 Å². The van der Waals surface area contributed by atoms with Gasteiger partial charge in [-0.1, -0.05) is 35.9 Å². The molecule has 1 heterocycles. The van der Waals surface area contributed by atoms with Crippen LogP contribution in [0.25, 0.3) is 21.9 Å². The summed E-state index contributed by atoms with van der Waals surface area (Å²) >= 11 is 5.95. The average Bonchev–Trinajstić information content (AvgIpc) is 2.65. The van der Waals surface area contributed by atoms with E-state index in [0.717, 1.165) is 21.9 Å². The van der Waals surface area contributed by atoms with E-state index in [1.54, 1.807) is 18.3 Å². The number of esters is 1. The summed E-state index contributed by atoms with van der Waals surface area (Å²) in [6.45, 7) is -0.156. The fraction of sp³-hybridized carbons (Fsp3) is 0.105. The first kappa shape index (κ1) is 16.9. The summed E-state index contributed by atoms with van der Waals surface area (Å²) in [5, 5.41) is 4.95. The van der Waals surface area contributed by atoms with Crippen molar-refractivity contribution in [3.05, 3.63) is 65.4 Å². The highest BCUT2D eigenvalue weighted by Gasteiger charge is 2.08. The summed E-state index contributed by atoms with van der Waals surface area (Å²) in [5.41, 5.74) is 2.45. The van der Waals surface area contributed by atoms with Crippen molar-refractivity contribution in [2.45, 2.75) is 0 Å². The third kappa shape index (κ3) is 3.95. The number of nitrogens with one attached hydrogen (secondary N) is 1. The van der Waals surface area contributed by atoms with Gasteiger partial charge in [-0.05, 0) is 40.8 Å². The van der Waals surface area contributed by atoms with Crippen molar-refractivity contribution in [2.75, 3.05) is 13.7 Å². The Hall–Kier alpha value is -2.92. The second-order valence-electron chi connectivity index (χ2n) is 5.41. The summed E-state index contributed by atoms with van der Waals surface area (Å²) in [6, 6.07) is 14.9. The largest absolute Gasteiger partial charge is 0.468 e. The number of benzene rings is 2. The number of carbonyl (C=O) groups is 2. The number of amides is 1. The highest BCUT2D eigenvalue weighted by atomic mass is 35.5. The number of ether oxygens (including phenoxy) is 1. The minimum absolute atomic E-state index is 0.156. The predicted octanol–water partition coefficient (Wildman–Crippen LogP) is 3.46. The Labute approximate surface area is 149 Å². The number of methoxy groups -OCH3 is 1. The molecule has 5 nitrogen and oxygen atoms in total. The van der Waals surface area contributed by atoms with Crippen molar-refractivity contribution in [3.8, 4) is 11.1 Å². The monoisotopic (exact) mass is 354 g/mol. The lowest BCUT2D eigenvalue weighted by atomic mass is 10.0. The number of hydrogen-bond acceptors (Lipinski definition) is 4. The first-order chi connectivity index (χ1) is 12.1. The number of aromatic nitrogens is 1. The van der Waals surface area contributed by atoms with Crippen LogP contribution in [0.15, 0.2) is 54.7 Å². The molecule has 0 aliphatic heterocycles. The Bertz CT molecular complexity index is 939. The van der Waals surface area contributed by atoms with Gasteiger partial charge in [0.15, 0.2) is 0 Å². The number of nitrogens with zero attached hydrogens (tertiary/aromatic N) is 1. The smallest absolute Gasteiger partial charge is 0.325 e. The first-order valence-corrected chi connectivity index (χ1v) is 7.95. The van der Waals surface area contributed by atoms with Gasteiger partial charge in [0.1, 0.15) is 11.7 Å². The SMILES string of the molecule is COC(=O)CNC(=O)c1ccc(-c2ccc3cnc(Cl)cc3c2)cc1. The highest BCUT2D eigenvalue weighted by Crippen LogP contribution is 2.25. The third-order valence-corrected chi connectivity index (χ3v) is 4.00. The molecule has 6 heteroatoms. The minimum atomic E-state index is -0.491. The third-order valence-electron chi connectivity index (χ3n) is 3.79. The van der Waals surface area contributed by atoms with Crippen LogP contribution in [0.4, 0.5) is 0 Å². The topological polar surface area (TPSA) is 68.3 Å². The quantitative estimate of drug-likeness (QED) is 0.575. The molecule has 1 amide bonds. The number of pyridine rings is 1. The molecule has 2 aromatic carbocycles. The number of fused-ring (bicyclic) bond motifs is 1. The first-order valence-electron chi connectivity index (χ1n) is 7.57. The molecule has 0 unspecified atom stereocenters. The van der Waals surface area contributed by atoms with Crippen molar-refractivity contribution in [1.29, 1.82) is 0 Å². The lowest BCUT2D eigenvalue weighted by Gasteiger charge is -2.07. The molecule has 0 aliphatic rings. The standard InChI is InChI=1S/C19H15ClN2O3/c1-25-18(23)11-22-19(24)13-4-2-12(3-5-13)14-6-7-15-10-21-17(20)9-16(15)8-14/h2-10H,11H2,1H3,(H,22,24). The van der Waals surface area contributed by atoms with Crippen LogP contribution in [-0.2, 0) is 9.53 Å². The summed E-state index contributed by atoms with van der Waals surface area (Å²) in [7, 11) is 1.27. The fourth-order valence-electron chi connectivity index (χ4n) is 2.43. The Morgan fingerprint density at radius 1 is 1.04 bits per heavy atom. The molecule has 0 atom stereocenters. The van der Waals surface area contributed by atoms with E-state index in [-0.39, 0.29) is 12.5 Å². The van der Waals surface area contributed by atoms with Crippen LogP contribution in [0.2, 0.25) is 5.15 Å². The lowest BCUT2D eigenvalue weighted by Crippen LogP contribution is -2.30. The molecule has 3 aromatic rings. The van der Waals surface area contributed by atoms with Gasteiger partial charge >= 0.3 is 5.97 Å². The van der Waals surface area contributed by atoms with Crippen molar-refractivity contribution >= 4 is 34.2 Å². The molecule has 0 saturated heterocycles. The van der Waals surface area contributed by atoms with Gasteiger partial charge in [0.05, 0.1) is 7.11 Å². The molecular formula is C19H15ClN2O3. The average molecular weight is 355 g/mol. The molecule has 0 bridgehead atoms. The molecule has 0 fully saturated rings. The molecule has 0 spiro atoms. The van der Waals surface area contributed by atoms with Gasteiger partial charge < -0.3 is 10.1 Å². The second-order valence-corrected chi connectivity index (χ2v) is 5.79. The highest BCUT2D eigenvalue weighted by molar-refractivity contribution is 6.30. The zero-order valence-corrected chi connectivity index (χ0v) is 14.2. The fourth-order valence-corrected chi connectivity index (χ4v) is 2.60. The second kappa shape index (κ2) is 7.32.